The van der Waals surface area contributed by atoms with Gasteiger partial charge in [0.05, 0.1) is 6.04 Å². The number of fused-ring (bicyclic) bond motifs is 1. The lowest BCUT2D eigenvalue weighted by Crippen LogP contribution is -2.47. The lowest BCUT2D eigenvalue weighted by Gasteiger charge is -2.40. The highest BCUT2D eigenvalue weighted by atomic mass is 16.4. The van der Waals surface area contributed by atoms with E-state index < -0.39 is 18.1 Å². The van der Waals surface area contributed by atoms with E-state index in [4.69, 9.17) is 0 Å². The molecule has 2 aromatic rings. The molecule has 0 radical (unpaired) electrons. The number of aromatic nitrogens is 1. The summed E-state index contributed by atoms with van der Waals surface area (Å²) < 4.78 is 1.57. The van der Waals surface area contributed by atoms with Crippen molar-refractivity contribution in [2.45, 2.75) is 25.9 Å². The number of amides is 1. The maximum atomic E-state index is 12.6. The van der Waals surface area contributed by atoms with E-state index in [0.717, 1.165) is 11.1 Å². The molecule has 0 saturated carbocycles. The van der Waals surface area contributed by atoms with Crippen molar-refractivity contribution in [3.05, 3.63) is 59.4 Å². The third-order valence-corrected chi connectivity index (χ3v) is 4.21. The summed E-state index contributed by atoms with van der Waals surface area (Å²) in [5, 5.41) is 9.73. The zero-order valence-electron chi connectivity index (χ0n) is 12.6. The van der Waals surface area contributed by atoms with Gasteiger partial charge in [-0.05, 0) is 31.5 Å². The van der Waals surface area contributed by atoms with Crippen LogP contribution in [0.3, 0.4) is 0 Å². The first-order valence-corrected chi connectivity index (χ1v) is 7.31. The number of benzene rings is 1. The third-order valence-electron chi connectivity index (χ3n) is 4.21. The minimum Gasteiger partial charge on any atom is -0.480 e. The summed E-state index contributed by atoms with van der Waals surface area (Å²) in [5.41, 5.74) is 2.37. The molecule has 1 amide bonds. The molecule has 2 heterocycles. The fourth-order valence-electron chi connectivity index (χ4n) is 3.13. The van der Waals surface area contributed by atoms with Crippen LogP contribution in [-0.2, 0) is 4.79 Å². The van der Waals surface area contributed by atoms with E-state index in [1.54, 1.807) is 27.8 Å². The van der Waals surface area contributed by atoms with Crippen LogP contribution in [0.5, 0.6) is 0 Å². The van der Waals surface area contributed by atoms with Gasteiger partial charge in [-0.2, -0.15) is 0 Å². The monoisotopic (exact) mass is 298 g/mol. The summed E-state index contributed by atoms with van der Waals surface area (Å²) in [6, 6.07) is 9.76. The van der Waals surface area contributed by atoms with Crippen molar-refractivity contribution in [1.29, 1.82) is 0 Å². The van der Waals surface area contributed by atoms with Crippen LogP contribution in [0.25, 0.3) is 0 Å². The predicted octanol–water partition coefficient (Wildman–Crippen LogP) is 2.64. The lowest BCUT2D eigenvalue weighted by atomic mass is 9.93. The average Bonchev–Trinajstić information content (AvgIpc) is 2.97. The van der Waals surface area contributed by atoms with Crippen LogP contribution in [-0.4, -0.2) is 33.0 Å². The predicted molar refractivity (Wildman–Crippen MR) is 81.7 cm³/mol. The molecule has 1 N–H and O–H groups in total. The summed E-state index contributed by atoms with van der Waals surface area (Å²) in [5.74, 6) is -1.07. The Labute approximate surface area is 128 Å². The number of carboxylic acids is 1. The van der Waals surface area contributed by atoms with Gasteiger partial charge in [0, 0.05) is 12.7 Å². The number of nitrogens with zero attached hydrogens (tertiary/aromatic N) is 2. The fraction of sp³-hybridized carbons (Fsp3) is 0.294. The van der Waals surface area contributed by atoms with E-state index in [9.17, 15) is 14.7 Å². The number of carboxylic acid groups (broad SMARTS) is 1. The molecule has 0 unspecified atom stereocenters. The van der Waals surface area contributed by atoms with Gasteiger partial charge in [-0.3, -0.25) is 4.79 Å². The SMILES string of the molecule is CCN1C(=O)c2cccn2[C@@H](C(=O)O)[C@@H]1c1ccc(C)cc1. The summed E-state index contributed by atoms with van der Waals surface area (Å²) in [4.78, 5) is 26.2. The topological polar surface area (TPSA) is 62.5 Å². The molecule has 1 aromatic carbocycles. The van der Waals surface area contributed by atoms with Crippen LogP contribution in [0, 0.1) is 6.92 Å². The highest BCUT2D eigenvalue weighted by Crippen LogP contribution is 2.38. The van der Waals surface area contributed by atoms with Crippen molar-refractivity contribution in [3.63, 3.8) is 0 Å². The molecular formula is C17H18N2O3. The Bertz CT molecular complexity index is 718. The first-order chi connectivity index (χ1) is 10.5. The minimum atomic E-state index is -0.936. The molecule has 22 heavy (non-hydrogen) atoms. The standard InChI is InChI=1S/C17H18N2O3/c1-3-18-14(12-8-6-11(2)7-9-12)15(17(21)22)19-10-4-5-13(19)16(18)20/h4-10,14-15H,3H2,1-2H3,(H,21,22)/t14-,15+/m0/s1. The summed E-state index contributed by atoms with van der Waals surface area (Å²) in [6.07, 6.45) is 1.67. The number of hydrogen-bond acceptors (Lipinski definition) is 2. The molecule has 0 fully saturated rings. The smallest absolute Gasteiger partial charge is 0.329 e. The molecule has 3 rings (SSSR count). The highest BCUT2D eigenvalue weighted by molar-refractivity contribution is 5.95. The van der Waals surface area contributed by atoms with Crippen LogP contribution >= 0.6 is 0 Å². The van der Waals surface area contributed by atoms with E-state index in [-0.39, 0.29) is 5.91 Å². The van der Waals surface area contributed by atoms with E-state index in [1.165, 1.54) is 0 Å². The van der Waals surface area contributed by atoms with E-state index in [1.807, 2.05) is 38.1 Å². The van der Waals surface area contributed by atoms with Crippen molar-refractivity contribution in [2.75, 3.05) is 6.54 Å². The van der Waals surface area contributed by atoms with Crippen LogP contribution in [0.1, 0.15) is 40.6 Å². The second kappa shape index (κ2) is 5.33. The van der Waals surface area contributed by atoms with Gasteiger partial charge < -0.3 is 14.6 Å². The number of aliphatic carboxylic acids is 1. The van der Waals surface area contributed by atoms with Gasteiger partial charge in [0.2, 0.25) is 0 Å². The van der Waals surface area contributed by atoms with Gasteiger partial charge in [-0.25, -0.2) is 4.79 Å². The number of rotatable bonds is 3. The van der Waals surface area contributed by atoms with E-state index in [0.29, 0.717) is 12.2 Å². The molecule has 2 atom stereocenters. The van der Waals surface area contributed by atoms with Crippen LogP contribution in [0.2, 0.25) is 0 Å². The number of likely N-dealkylation sites (N-methyl/N-ethyl adjacent to an activating group) is 1. The zero-order valence-corrected chi connectivity index (χ0v) is 12.6. The molecular weight excluding hydrogens is 280 g/mol. The highest BCUT2D eigenvalue weighted by Gasteiger charge is 2.43. The second-order valence-electron chi connectivity index (χ2n) is 5.53. The maximum absolute atomic E-state index is 12.6. The molecule has 1 aromatic heterocycles. The minimum absolute atomic E-state index is 0.129. The normalized spacial score (nSPS) is 20.8. The van der Waals surface area contributed by atoms with Crippen molar-refractivity contribution >= 4 is 11.9 Å². The van der Waals surface area contributed by atoms with E-state index in [2.05, 4.69) is 0 Å². The Morgan fingerprint density at radius 1 is 1.23 bits per heavy atom. The summed E-state index contributed by atoms with van der Waals surface area (Å²) in [7, 11) is 0. The van der Waals surface area contributed by atoms with Crippen LogP contribution < -0.4 is 0 Å². The van der Waals surface area contributed by atoms with Gasteiger partial charge in [0.1, 0.15) is 5.69 Å². The van der Waals surface area contributed by atoms with Crippen LogP contribution in [0.4, 0.5) is 0 Å². The molecule has 5 nitrogen and oxygen atoms in total. The molecule has 5 heteroatoms. The van der Waals surface area contributed by atoms with Crippen molar-refractivity contribution in [1.82, 2.24) is 9.47 Å². The average molecular weight is 298 g/mol. The molecule has 1 aliphatic rings. The second-order valence-corrected chi connectivity index (χ2v) is 5.53. The molecule has 114 valence electrons. The van der Waals surface area contributed by atoms with Gasteiger partial charge in [-0.15, -0.1) is 0 Å². The molecule has 0 spiro atoms. The van der Waals surface area contributed by atoms with Gasteiger partial charge in [0.25, 0.3) is 5.91 Å². The van der Waals surface area contributed by atoms with Crippen molar-refractivity contribution in [2.24, 2.45) is 0 Å². The molecule has 0 aliphatic carbocycles. The van der Waals surface area contributed by atoms with Crippen molar-refractivity contribution in [3.8, 4) is 0 Å². The van der Waals surface area contributed by atoms with Gasteiger partial charge in [-0.1, -0.05) is 29.8 Å². The van der Waals surface area contributed by atoms with E-state index >= 15 is 0 Å². The van der Waals surface area contributed by atoms with Crippen molar-refractivity contribution < 1.29 is 14.7 Å². The first-order valence-electron chi connectivity index (χ1n) is 7.31. The Morgan fingerprint density at radius 3 is 2.50 bits per heavy atom. The number of aryl methyl sites for hydroxylation is 1. The number of carbonyl (C=O) groups excluding carboxylic acids is 1. The maximum Gasteiger partial charge on any atom is 0.329 e. The Morgan fingerprint density at radius 2 is 1.91 bits per heavy atom. The lowest BCUT2D eigenvalue weighted by molar-refractivity contribution is -0.143. The third kappa shape index (κ3) is 2.09. The fourth-order valence-corrected chi connectivity index (χ4v) is 3.13. The van der Waals surface area contributed by atoms with Gasteiger partial charge >= 0.3 is 5.97 Å². The quantitative estimate of drug-likeness (QED) is 0.947. The number of carbonyl (C=O) groups is 2. The number of hydrogen-bond donors (Lipinski definition) is 1. The van der Waals surface area contributed by atoms with Crippen LogP contribution in [0.15, 0.2) is 42.6 Å². The molecule has 0 bridgehead atoms. The Balaban J connectivity index is 2.18. The zero-order chi connectivity index (χ0) is 15.9. The summed E-state index contributed by atoms with van der Waals surface area (Å²) >= 11 is 0. The van der Waals surface area contributed by atoms with Gasteiger partial charge in [0.15, 0.2) is 6.04 Å². The Kier molecular flexibility index (Phi) is 3.48. The first kappa shape index (κ1) is 14.4. The molecule has 1 aliphatic heterocycles. The summed E-state index contributed by atoms with van der Waals surface area (Å²) in [6.45, 7) is 4.31. The largest absolute Gasteiger partial charge is 0.480 e. The molecule has 0 saturated heterocycles. The Hall–Kier alpha value is -2.56.